The first-order chi connectivity index (χ1) is 14.5. The smallest absolute Gasteiger partial charge is 0.260 e. The molecule has 2 aromatic heterocycles. The lowest BCUT2D eigenvalue weighted by Crippen LogP contribution is -2.22. The fourth-order valence-corrected chi connectivity index (χ4v) is 3.59. The van der Waals surface area contributed by atoms with Gasteiger partial charge in [0.1, 0.15) is 11.4 Å². The summed E-state index contributed by atoms with van der Waals surface area (Å²) in [5, 5.41) is 4.35. The van der Waals surface area contributed by atoms with Gasteiger partial charge < -0.3 is 10.1 Å². The van der Waals surface area contributed by atoms with Crippen molar-refractivity contribution in [3.8, 4) is 16.9 Å². The number of pyridine rings is 1. The van der Waals surface area contributed by atoms with E-state index in [1.165, 1.54) is 4.57 Å². The Labute approximate surface area is 178 Å². The third-order valence-electron chi connectivity index (χ3n) is 4.84. The van der Waals surface area contributed by atoms with Gasteiger partial charge in [0.05, 0.1) is 12.7 Å². The fraction of sp³-hybridized carbons (Fsp3) is 0.0870. The molecule has 0 radical (unpaired) electrons. The van der Waals surface area contributed by atoms with Gasteiger partial charge in [-0.3, -0.25) is 9.36 Å². The summed E-state index contributed by atoms with van der Waals surface area (Å²) in [7, 11) is 3.29. The van der Waals surface area contributed by atoms with Crippen molar-refractivity contribution in [3.63, 3.8) is 0 Å². The minimum Gasteiger partial charge on any atom is -0.497 e. The molecule has 0 aliphatic carbocycles. The average molecular weight is 419 g/mol. The van der Waals surface area contributed by atoms with Crippen molar-refractivity contribution in [2.24, 2.45) is 7.05 Å². The van der Waals surface area contributed by atoms with Gasteiger partial charge in [-0.1, -0.05) is 48.5 Å². The van der Waals surface area contributed by atoms with Crippen molar-refractivity contribution in [1.29, 1.82) is 0 Å². The molecule has 1 N–H and O–H groups in total. The minimum atomic E-state index is -0.212. The van der Waals surface area contributed by atoms with Gasteiger partial charge in [-0.15, -0.1) is 0 Å². The van der Waals surface area contributed by atoms with Crippen LogP contribution in [0.3, 0.4) is 0 Å². The Morgan fingerprint density at radius 2 is 2.00 bits per heavy atom. The minimum absolute atomic E-state index is 0.212. The zero-order valence-corrected chi connectivity index (χ0v) is 17.3. The van der Waals surface area contributed by atoms with Crippen LogP contribution in [0.15, 0.2) is 66.1 Å². The highest BCUT2D eigenvalue weighted by molar-refractivity contribution is 6.33. The Hall–Kier alpha value is -3.64. The van der Waals surface area contributed by atoms with Crippen LogP contribution < -0.4 is 15.6 Å². The number of benzene rings is 2. The SMILES string of the molecule is C=Cc1c(-c2ccccc2Cl)c(=O)n(C)c2nc(Nc3cccc(OC)c3)ncc12. The Bertz CT molecular complexity index is 1330. The molecule has 4 aromatic rings. The number of anilines is 2. The molecule has 0 fully saturated rings. The van der Waals surface area contributed by atoms with Gasteiger partial charge in [0, 0.05) is 41.0 Å². The third-order valence-corrected chi connectivity index (χ3v) is 5.17. The first-order valence-corrected chi connectivity index (χ1v) is 9.59. The number of hydrogen-bond acceptors (Lipinski definition) is 5. The lowest BCUT2D eigenvalue weighted by molar-refractivity contribution is 0.415. The van der Waals surface area contributed by atoms with Gasteiger partial charge in [0.15, 0.2) is 0 Å². The van der Waals surface area contributed by atoms with Crippen LogP contribution in [0.1, 0.15) is 5.56 Å². The van der Waals surface area contributed by atoms with Crippen molar-refractivity contribution >= 4 is 40.3 Å². The molecule has 150 valence electrons. The monoisotopic (exact) mass is 418 g/mol. The molecular weight excluding hydrogens is 400 g/mol. The Morgan fingerprint density at radius 3 is 2.73 bits per heavy atom. The highest BCUT2D eigenvalue weighted by Gasteiger charge is 2.18. The van der Waals surface area contributed by atoms with E-state index in [9.17, 15) is 4.79 Å². The molecule has 0 saturated heterocycles. The highest BCUT2D eigenvalue weighted by Crippen LogP contribution is 2.32. The topological polar surface area (TPSA) is 69.0 Å². The fourth-order valence-electron chi connectivity index (χ4n) is 3.36. The first-order valence-electron chi connectivity index (χ1n) is 9.21. The lowest BCUT2D eigenvalue weighted by atomic mass is 9.99. The van der Waals surface area contributed by atoms with Crippen LogP contribution in [0.5, 0.6) is 5.75 Å². The van der Waals surface area contributed by atoms with E-state index in [-0.39, 0.29) is 5.56 Å². The summed E-state index contributed by atoms with van der Waals surface area (Å²) in [6, 6.07) is 14.7. The second kappa shape index (κ2) is 8.00. The average Bonchev–Trinajstić information content (AvgIpc) is 2.77. The first kappa shape index (κ1) is 19.7. The van der Waals surface area contributed by atoms with E-state index >= 15 is 0 Å². The Balaban J connectivity index is 1.89. The van der Waals surface area contributed by atoms with Crippen molar-refractivity contribution in [2.75, 3.05) is 12.4 Å². The van der Waals surface area contributed by atoms with Gasteiger partial charge in [0.25, 0.3) is 5.56 Å². The van der Waals surface area contributed by atoms with Crippen molar-refractivity contribution in [3.05, 3.63) is 82.2 Å². The number of ether oxygens (including phenoxy) is 1. The number of aromatic nitrogens is 3. The standard InChI is InChI=1S/C23H19ClN4O2/c1-4-16-18-13-25-23(26-14-8-7-9-15(12-14)30-3)27-21(18)28(2)22(29)20(16)17-10-5-6-11-19(17)24/h4-13H,1H2,2-3H3,(H,25,26,27). The van der Waals surface area contributed by atoms with Crippen LogP contribution in [0.2, 0.25) is 5.02 Å². The number of rotatable bonds is 5. The second-order valence-corrected chi connectivity index (χ2v) is 7.03. The molecular formula is C23H19ClN4O2. The molecule has 2 heterocycles. The van der Waals surface area contributed by atoms with E-state index in [0.717, 1.165) is 5.69 Å². The number of aryl methyl sites for hydroxylation is 1. The maximum absolute atomic E-state index is 13.2. The predicted octanol–water partition coefficient (Wildman–Crippen LogP) is 5.04. The third kappa shape index (κ3) is 3.42. The zero-order valence-electron chi connectivity index (χ0n) is 16.5. The van der Waals surface area contributed by atoms with Crippen molar-refractivity contribution in [1.82, 2.24) is 14.5 Å². The van der Waals surface area contributed by atoms with Crippen molar-refractivity contribution in [2.45, 2.75) is 0 Å². The number of nitrogens with one attached hydrogen (secondary N) is 1. The molecule has 2 aromatic carbocycles. The summed E-state index contributed by atoms with van der Waals surface area (Å²) in [4.78, 5) is 22.2. The lowest BCUT2D eigenvalue weighted by Gasteiger charge is -2.15. The van der Waals surface area contributed by atoms with Gasteiger partial charge in [-0.25, -0.2) is 4.98 Å². The van der Waals surface area contributed by atoms with Crippen LogP contribution in [-0.2, 0) is 7.05 Å². The van der Waals surface area contributed by atoms with Crippen molar-refractivity contribution < 1.29 is 4.74 Å². The molecule has 0 atom stereocenters. The number of halogens is 1. The van der Waals surface area contributed by atoms with Crippen LogP contribution in [-0.4, -0.2) is 21.6 Å². The summed E-state index contributed by atoms with van der Waals surface area (Å²) in [5.41, 5.74) is 2.82. The van der Waals surface area contributed by atoms with Gasteiger partial charge in [-0.2, -0.15) is 4.98 Å². The second-order valence-electron chi connectivity index (χ2n) is 6.62. The quantitative estimate of drug-likeness (QED) is 0.491. The molecule has 0 aliphatic heterocycles. The summed E-state index contributed by atoms with van der Waals surface area (Å²) >= 11 is 6.37. The maximum atomic E-state index is 13.2. The largest absolute Gasteiger partial charge is 0.497 e. The number of nitrogens with zero attached hydrogens (tertiary/aromatic N) is 3. The van der Waals surface area contributed by atoms with E-state index in [1.54, 1.807) is 32.5 Å². The Morgan fingerprint density at radius 1 is 1.20 bits per heavy atom. The summed E-state index contributed by atoms with van der Waals surface area (Å²) in [5.74, 6) is 1.08. The van der Waals surface area contributed by atoms with Gasteiger partial charge >= 0.3 is 0 Å². The highest BCUT2D eigenvalue weighted by atomic mass is 35.5. The van der Waals surface area contributed by atoms with Gasteiger partial charge in [0.2, 0.25) is 5.95 Å². The van der Waals surface area contributed by atoms with E-state index in [0.29, 0.717) is 44.4 Å². The molecule has 0 saturated carbocycles. The maximum Gasteiger partial charge on any atom is 0.260 e. The number of methoxy groups -OCH3 is 1. The summed E-state index contributed by atoms with van der Waals surface area (Å²) in [6.45, 7) is 3.90. The summed E-state index contributed by atoms with van der Waals surface area (Å²) in [6.07, 6.45) is 3.32. The van der Waals surface area contributed by atoms with E-state index in [4.69, 9.17) is 16.3 Å². The van der Waals surface area contributed by atoms with E-state index in [2.05, 4.69) is 21.9 Å². The molecule has 0 unspecified atom stereocenters. The van der Waals surface area contributed by atoms with Crippen LogP contribution in [0, 0.1) is 0 Å². The number of hydrogen-bond donors (Lipinski definition) is 1. The van der Waals surface area contributed by atoms with E-state index < -0.39 is 0 Å². The molecule has 0 amide bonds. The molecule has 4 rings (SSSR count). The molecule has 0 spiro atoms. The van der Waals surface area contributed by atoms with E-state index in [1.807, 2.05) is 42.5 Å². The van der Waals surface area contributed by atoms with Crippen LogP contribution in [0.25, 0.3) is 28.2 Å². The zero-order chi connectivity index (χ0) is 21.3. The molecule has 6 nitrogen and oxygen atoms in total. The molecule has 7 heteroatoms. The van der Waals surface area contributed by atoms with Crippen LogP contribution >= 0.6 is 11.6 Å². The molecule has 0 bridgehead atoms. The summed E-state index contributed by atoms with van der Waals surface area (Å²) < 4.78 is 6.74. The number of fused-ring (bicyclic) bond motifs is 1. The van der Waals surface area contributed by atoms with Gasteiger partial charge in [-0.05, 0) is 23.8 Å². The molecule has 30 heavy (non-hydrogen) atoms. The predicted molar refractivity (Wildman–Crippen MR) is 122 cm³/mol. The normalized spacial score (nSPS) is 10.8. The van der Waals surface area contributed by atoms with Crippen LogP contribution in [0.4, 0.5) is 11.6 Å². The molecule has 0 aliphatic rings. The Kier molecular flexibility index (Phi) is 5.25.